The molecule has 0 atom stereocenters. The van der Waals surface area contributed by atoms with Crippen molar-refractivity contribution in [2.75, 3.05) is 57.8 Å². The van der Waals surface area contributed by atoms with Crippen LogP contribution in [-0.2, 0) is 14.8 Å². The summed E-state index contributed by atoms with van der Waals surface area (Å²) in [5, 5.41) is 9.50. The molecule has 0 saturated carbocycles. The maximum Gasteiger partial charge on any atom is 0.339 e. The number of carbonyl (C=O) groups excluding carboxylic acids is 1. The molecule has 0 bridgehead atoms. The molecule has 2 aromatic carbocycles. The highest BCUT2D eigenvalue weighted by molar-refractivity contribution is 7.89. The summed E-state index contributed by atoms with van der Waals surface area (Å²) in [5.74, 6) is 0.510. The van der Waals surface area contributed by atoms with Gasteiger partial charge in [0.2, 0.25) is 10.0 Å². The second-order valence-electron chi connectivity index (χ2n) is 11.7. The van der Waals surface area contributed by atoms with Crippen molar-refractivity contribution in [1.82, 2.24) is 9.21 Å². The highest BCUT2D eigenvalue weighted by Crippen LogP contribution is 2.32. The fraction of sp³-hybridized carbons (Fsp3) is 0.548. The van der Waals surface area contributed by atoms with Gasteiger partial charge in [0.15, 0.2) is 0 Å². The molecule has 3 saturated heterocycles. The van der Waals surface area contributed by atoms with Crippen LogP contribution >= 0.6 is 0 Å². The first-order valence-electron chi connectivity index (χ1n) is 14.7. The Morgan fingerprint density at radius 3 is 2.34 bits per heavy atom. The zero-order valence-electron chi connectivity index (χ0n) is 23.9. The number of nitrogens with zero attached hydrogens (tertiary/aromatic N) is 4. The molecule has 3 aliphatic heterocycles. The Kier molecular flexibility index (Phi) is 9.29. The number of benzene rings is 2. The summed E-state index contributed by atoms with van der Waals surface area (Å²) in [7, 11) is -2.16. The maximum absolute atomic E-state index is 13.2. The molecule has 0 aliphatic carbocycles. The molecule has 2 N–H and O–H groups in total. The third kappa shape index (κ3) is 6.75. The van der Waals surface area contributed by atoms with Crippen molar-refractivity contribution in [2.45, 2.75) is 55.4 Å². The lowest BCUT2D eigenvalue weighted by molar-refractivity contribution is 0.0600. The number of sulfonamides is 1. The van der Waals surface area contributed by atoms with Gasteiger partial charge in [-0.3, -0.25) is 0 Å². The normalized spacial score (nSPS) is 20.6. The van der Waals surface area contributed by atoms with E-state index in [1.807, 2.05) is 18.2 Å². The minimum atomic E-state index is -3.49. The van der Waals surface area contributed by atoms with Crippen molar-refractivity contribution in [1.29, 1.82) is 5.26 Å². The zero-order valence-corrected chi connectivity index (χ0v) is 24.7. The monoisotopic (exact) mass is 579 g/mol. The predicted molar refractivity (Wildman–Crippen MR) is 158 cm³/mol. The molecule has 0 spiro atoms. The Morgan fingerprint density at radius 1 is 0.976 bits per heavy atom. The highest BCUT2D eigenvalue weighted by Gasteiger charge is 2.30. The first kappa shape index (κ1) is 29.5. The highest BCUT2D eigenvalue weighted by atomic mass is 32.2. The number of nitrogens with two attached hydrogens (primary N) is 1. The van der Waals surface area contributed by atoms with Gasteiger partial charge < -0.3 is 20.3 Å². The summed E-state index contributed by atoms with van der Waals surface area (Å²) in [6, 6.07) is 15.2. The van der Waals surface area contributed by atoms with Gasteiger partial charge in [0, 0.05) is 44.5 Å². The van der Waals surface area contributed by atoms with Gasteiger partial charge in [0.05, 0.1) is 23.1 Å². The van der Waals surface area contributed by atoms with Crippen LogP contribution < -0.4 is 10.6 Å². The Hall–Kier alpha value is -2.97. The van der Waals surface area contributed by atoms with E-state index in [0.717, 1.165) is 69.7 Å². The number of hydrogen-bond donors (Lipinski definition) is 1. The molecule has 0 unspecified atom stereocenters. The van der Waals surface area contributed by atoms with Crippen LogP contribution in [-0.4, -0.2) is 82.6 Å². The Morgan fingerprint density at radius 2 is 1.68 bits per heavy atom. The van der Waals surface area contributed by atoms with E-state index in [0.29, 0.717) is 53.8 Å². The predicted octanol–water partition coefficient (Wildman–Crippen LogP) is 3.55. The van der Waals surface area contributed by atoms with E-state index in [1.54, 1.807) is 22.5 Å². The quantitative estimate of drug-likeness (QED) is 0.495. The van der Waals surface area contributed by atoms with Crippen LogP contribution in [0.15, 0.2) is 47.4 Å². The van der Waals surface area contributed by atoms with Crippen molar-refractivity contribution in [3.8, 4) is 6.07 Å². The van der Waals surface area contributed by atoms with Crippen LogP contribution in [0.4, 0.5) is 5.69 Å². The van der Waals surface area contributed by atoms with Gasteiger partial charge in [0.1, 0.15) is 6.07 Å². The van der Waals surface area contributed by atoms with Gasteiger partial charge in [0.25, 0.3) is 0 Å². The van der Waals surface area contributed by atoms with Crippen molar-refractivity contribution in [2.24, 2.45) is 11.7 Å². The zero-order chi connectivity index (χ0) is 29.0. The number of piperidine rings is 3. The molecular weight excluding hydrogens is 538 g/mol. The van der Waals surface area contributed by atoms with E-state index in [2.05, 4.69) is 21.9 Å². The number of rotatable bonds is 7. The first-order valence-corrected chi connectivity index (χ1v) is 16.2. The number of carbonyl (C=O) groups is 1. The van der Waals surface area contributed by atoms with Gasteiger partial charge in [-0.05, 0) is 99.3 Å². The smallest absolute Gasteiger partial charge is 0.339 e. The van der Waals surface area contributed by atoms with Gasteiger partial charge in [-0.2, -0.15) is 9.57 Å². The number of nitriles is 1. The fourth-order valence-corrected chi connectivity index (χ4v) is 8.02. The van der Waals surface area contributed by atoms with Crippen LogP contribution in [0.25, 0.3) is 0 Å². The molecule has 10 heteroatoms. The van der Waals surface area contributed by atoms with Crippen LogP contribution in [0.5, 0.6) is 0 Å². The third-order valence-corrected chi connectivity index (χ3v) is 11.0. The summed E-state index contributed by atoms with van der Waals surface area (Å²) < 4.78 is 32.9. The van der Waals surface area contributed by atoms with Crippen LogP contribution in [0.2, 0.25) is 0 Å². The Labute approximate surface area is 243 Å². The number of hydrogen-bond acceptors (Lipinski definition) is 8. The van der Waals surface area contributed by atoms with Crippen molar-refractivity contribution in [3.05, 3.63) is 59.2 Å². The van der Waals surface area contributed by atoms with E-state index in [4.69, 9.17) is 10.5 Å². The standard InChI is InChI=1S/C31H41N5O4S/c1-40-31(37)30-6-5-28(19-26(30)21-32)35-15-7-23(8-16-35)22-34-13-9-24(10-14-34)25-3-2-4-29(20-25)41(38,39)36-17-11-27(33)12-18-36/h2-6,19-20,23-24,27H,7-18,22,33H2,1H3. The number of anilines is 1. The van der Waals surface area contributed by atoms with Crippen LogP contribution in [0, 0.1) is 17.2 Å². The lowest BCUT2D eigenvalue weighted by Crippen LogP contribution is -2.42. The molecule has 5 rings (SSSR count). The molecule has 0 aromatic heterocycles. The van der Waals surface area contributed by atoms with E-state index in [9.17, 15) is 18.5 Å². The summed E-state index contributed by atoms with van der Waals surface area (Å²) in [4.78, 5) is 17.2. The molecule has 41 heavy (non-hydrogen) atoms. The Bertz CT molecular complexity index is 1370. The van der Waals surface area contributed by atoms with Crippen molar-refractivity contribution in [3.63, 3.8) is 0 Å². The second-order valence-corrected chi connectivity index (χ2v) is 13.6. The molecule has 3 heterocycles. The first-order chi connectivity index (χ1) is 19.8. The number of likely N-dealkylation sites (tertiary alicyclic amines) is 1. The number of ether oxygens (including phenoxy) is 1. The minimum absolute atomic E-state index is 0.0924. The van der Waals surface area contributed by atoms with E-state index in [-0.39, 0.29) is 6.04 Å². The van der Waals surface area contributed by atoms with Crippen LogP contribution in [0.3, 0.4) is 0 Å². The fourth-order valence-electron chi connectivity index (χ4n) is 6.49. The SMILES string of the molecule is COC(=O)c1ccc(N2CCC(CN3CCC(c4cccc(S(=O)(=O)N5CCC(N)CC5)c4)CC3)CC2)cc1C#N. The minimum Gasteiger partial charge on any atom is -0.465 e. The molecule has 9 nitrogen and oxygen atoms in total. The summed E-state index contributed by atoms with van der Waals surface area (Å²) in [5.41, 5.74) is 8.73. The third-order valence-electron chi connectivity index (χ3n) is 9.08. The average Bonchev–Trinajstić information content (AvgIpc) is 3.01. The summed E-state index contributed by atoms with van der Waals surface area (Å²) in [6.07, 6.45) is 5.66. The van der Waals surface area contributed by atoms with Crippen molar-refractivity contribution >= 4 is 21.7 Å². The summed E-state index contributed by atoms with van der Waals surface area (Å²) >= 11 is 0. The summed E-state index contributed by atoms with van der Waals surface area (Å²) in [6.45, 7) is 5.96. The largest absolute Gasteiger partial charge is 0.465 e. The molecule has 0 amide bonds. The lowest BCUT2D eigenvalue weighted by atomic mass is 9.88. The topological polar surface area (TPSA) is 120 Å². The molecule has 3 fully saturated rings. The molecule has 2 aromatic rings. The van der Waals surface area contributed by atoms with E-state index in [1.165, 1.54) is 7.11 Å². The molecular formula is C31H41N5O4S. The van der Waals surface area contributed by atoms with Gasteiger partial charge >= 0.3 is 5.97 Å². The molecule has 220 valence electrons. The van der Waals surface area contributed by atoms with Crippen molar-refractivity contribution < 1.29 is 17.9 Å². The van der Waals surface area contributed by atoms with Crippen LogP contribution in [0.1, 0.15) is 65.9 Å². The lowest BCUT2D eigenvalue weighted by Gasteiger charge is -2.38. The number of esters is 1. The Balaban J connectivity index is 1.11. The van der Waals surface area contributed by atoms with E-state index < -0.39 is 16.0 Å². The van der Waals surface area contributed by atoms with Gasteiger partial charge in [-0.25, -0.2) is 13.2 Å². The average molecular weight is 580 g/mol. The van der Waals surface area contributed by atoms with Gasteiger partial charge in [-0.15, -0.1) is 0 Å². The van der Waals surface area contributed by atoms with E-state index >= 15 is 0 Å². The molecule has 3 aliphatic rings. The number of methoxy groups -OCH3 is 1. The van der Waals surface area contributed by atoms with Gasteiger partial charge in [-0.1, -0.05) is 12.1 Å². The second kappa shape index (κ2) is 12.9. The maximum atomic E-state index is 13.2. The molecule has 0 radical (unpaired) electrons.